The zero-order valence-corrected chi connectivity index (χ0v) is 11.0. The number of hydrogen-bond donors (Lipinski definition) is 0. The molecule has 5 heteroatoms. The van der Waals surface area contributed by atoms with Crippen LogP contribution in [0.25, 0.3) is 5.52 Å². The molecule has 0 aliphatic carbocycles. The SMILES string of the molecule is Cc1c(CN2CCN(C)CC2)cn2ncncc12. The van der Waals surface area contributed by atoms with Crippen LogP contribution in [0.15, 0.2) is 18.7 Å². The Hall–Kier alpha value is -1.46. The number of nitrogens with zero attached hydrogens (tertiary/aromatic N) is 5. The molecule has 0 aromatic carbocycles. The maximum absolute atomic E-state index is 4.25. The molecule has 1 fully saturated rings. The Bertz CT molecular complexity index is 539. The van der Waals surface area contributed by atoms with Crippen LogP contribution in [0, 0.1) is 6.92 Å². The lowest BCUT2D eigenvalue weighted by Crippen LogP contribution is -2.43. The van der Waals surface area contributed by atoms with Crippen molar-refractivity contribution in [1.29, 1.82) is 0 Å². The topological polar surface area (TPSA) is 36.7 Å². The minimum atomic E-state index is 1.02. The van der Waals surface area contributed by atoms with E-state index in [4.69, 9.17) is 0 Å². The van der Waals surface area contributed by atoms with Gasteiger partial charge in [-0.1, -0.05) is 0 Å². The molecule has 0 radical (unpaired) electrons. The van der Waals surface area contributed by atoms with Crippen LogP contribution in [-0.2, 0) is 6.54 Å². The fourth-order valence-electron chi connectivity index (χ4n) is 2.50. The van der Waals surface area contributed by atoms with E-state index in [2.05, 4.69) is 40.1 Å². The molecule has 1 aliphatic rings. The number of fused-ring (bicyclic) bond motifs is 1. The standard InChI is InChI=1S/C13H19N5/c1-11-12(8-17-5-3-16(2)4-6-17)9-18-13(11)7-14-10-15-18/h7,9-10H,3-6,8H2,1-2H3. The number of aromatic nitrogens is 3. The molecule has 0 unspecified atom stereocenters. The zero-order valence-electron chi connectivity index (χ0n) is 11.0. The van der Waals surface area contributed by atoms with Crippen LogP contribution in [0.1, 0.15) is 11.1 Å². The summed E-state index contributed by atoms with van der Waals surface area (Å²) in [7, 11) is 2.19. The van der Waals surface area contributed by atoms with Crippen molar-refractivity contribution in [2.45, 2.75) is 13.5 Å². The van der Waals surface area contributed by atoms with E-state index >= 15 is 0 Å². The molecule has 1 aliphatic heterocycles. The number of piperazine rings is 1. The van der Waals surface area contributed by atoms with E-state index in [0.29, 0.717) is 0 Å². The van der Waals surface area contributed by atoms with Gasteiger partial charge in [-0.3, -0.25) is 4.90 Å². The first kappa shape index (κ1) is 11.6. The highest BCUT2D eigenvalue weighted by molar-refractivity contribution is 5.56. The van der Waals surface area contributed by atoms with Gasteiger partial charge in [0, 0.05) is 38.9 Å². The van der Waals surface area contributed by atoms with Crippen molar-refractivity contribution in [2.75, 3.05) is 33.2 Å². The quantitative estimate of drug-likeness (QED) is 0.783. The first-order valence-electron chi connectivity index (χ1n) is 6.42. The van der Waals surface area contributed by atoms with Gasteiger partial charge < -0.3 is 4.90 Å². The third kappa shape index (κ3) is 2.11. The van der Waals surface area contributed by atoms with Crippen LogP contribution < -0.4 is 0 Å². The van der Waals surface area contributed by atoms with Gasteiger partial charge >= 0.3 is 0 Å². The van der Waals surface area contributed by atoms with Crippen molar-refractivity contribution >= 4 is 5.52 Å². The van der Waals surface area contributed by atoms with E-state index in [1.165, 1.54) is 11.1 Å². The molecule has 0 spiro atoms. The average Bonchev–Trinajstić information content (AvgIpc) is 2.70. The molecule has 2 aromatic rings. The van der Waals surface area contributed by atoms with Crippen molar-refractivity contribution in [3.63, 3.8) is 0 Å². The summed E-state index contributed by atoms with van der Waals surface area (Å²) in [4.78, 5) is 8.98. The van der Waals surface area contributed by atoms with Crippen LogP contribution in [0.4, 0.5) is 0 Å². The minimum absolute atomic E-state index is 1.02. The Morgan fingerprint density at radius 1 is 1.22 bits per heavy atom. The first-order chi connectivity index (χ1) is 8.74. The van der Waals surface area contributed by atoms with E-state index in [9.17, 15) is 0 Å². The second-order valence-electron chi connectivity index (χ2n) is 5.10. The first-order valence-corrected chi connectivity index (χ1v) is 6.42. The lowest BCUT2D eigenvalue weighted by molar-refractivity contribution is 0.148. The van der Waals surface area contributed by atoms with Crippen LogP contribution in [0.5, 0.6) is 0 Å². The van der Waals surface area contributed by atoms with E-state index in [0.717, 1.165) is 38.2 Å². The lowest BCUT2D eigenvalue weighted by atomic mass is 10.1. The summed E-state index contributed by atoms with van der Waals surface area (Å²) >= 11 is 0. The van der Waals surface area contributed by atoms with Gasteiger partial charge in [-0.05, 0) is 25.1 Å². The van der Waals surface area contributed by atoms with Gasteiger partial charge in [0.05, 0.1) is 11.7 Å². The Morgan fingerprint density at radius 2 is 2.00 bits per heavy atom. The molecule has 0 N–H and O–H groups in total. The summed E-state index contributed by atoms with van der Waals surface area (Å²) in [5.41, 5.74) is 3.77. The van der Waals surface area contributed by atoms with Gasteiger partial charge in [0.1, 0.15) is 6.33 Å². The Morgan fingerprint density at radius 3 is 2.72 bits per heavy atom. The maximum Gasteiger partial charge on any atom is 0.136 e. The Kier molecular flexibility index (Phi) is 3.01. The largest absolute Gasteiger partial charge is 0.304 e. The molecule has 3 heterocycles. The zero-order chi connectivity index (χ0) is 12.5. The molecular weight excluding hydrogens is 226 g/mol. The molecule has 1 saturated heterocycles. The molecule has 5 nitrogen and oxygen atoms in total. The summed E-state index contributed by atoms with van der Waals surface area (Å²) in [5.74, 6) is 0. The second kappa shape index (κ2) is 4.66. The summed E-state index contributed by atoms with van der Waals surface area (Å²) in [6, 6.07) is 0. The highest BCUT2D eigenvalue weighted by atomic mass is 15.3. The van der Waals surface area contributed by atoms with Crippen molar-refractivity contribution in [3.8, 4) is 0 Å². The summed E-state index contributed by atoms with van der Waals surface area (Å²) in [6.07, 6.45) is 5.60. The summed E-state index contributed by atoms with van der Waals surface area (Å²) in [5, 5.41) is 4.25. The minimum Gasteiger partial charge on any atom is -0.304 e. The molecule has 2 aromatic heterocycles. The predicted octanol–water partition coefficient (Wildman–Crippen LogP) is 0.785. The van der Waals surface area contributed by atoms with E-state index in [1.807, 2.05) is 10.7 Å². The van der Waals surface area contributed by atoms with E-state index < -0.39 is 0 Å². The van der Waals surface area contributed by atoms with Crippen molar-refractivity contribution in [2.24, 2.45) is 0 Å². The Labute approximate surface area is 107 Å². The highest BCUT2D eigenvalue weighted by Crippen LogP contribution is 2.18. The predicted molar refractivity (Wildman–Crippen MR) is 70.5 cm³/mol. The number of hydrogen-bond acceptors (Lipinski definition) is 4. The van der Waals surface area contributed by atoms with Gasteiger partial charge in [0.25, 0.3) is 0 Å². The normalized spacial score (nSPS) is 18.6. The molecule has 0 bridgehead atoms. The fourth-order valence-corrected chi connectivity index (χ4v) is 2.50. The molecule has 96 valence electrons. The number of rotatable bonds is 2. The molecule has 3 rings (SSSR count). The number of aryl methyl sites for hydroxylation is 1. The van der Waals surface area contributed by atoms with Crippen LogP contribution >= 0.6 is 0 Å². The van der Waals surface area contributed by atoms with Gasteiger partial charge in [0.15, 0.2) is 0 Å². The van der Waals surface area contributed by atoms with Crippen LogP contribution in [-0.4, -0.2) is 57.6 Å². The molecule has 0 saturated carbocycles. The van der Waals surface area contributed by atoms with E-state index in [1.54, 1.807) is 6.33 Å². The summed E-state index contributed by atoms with van der Waals surface area (Å²) < 4.78 is 1.92. The monoisotopic (exact) mass is 245 g/mol. The second-order valence-corrected chi connectivity index (χ2v) is 5.10. The van der Waals surface area contributed by atoms with Gasteiger partial charge in [-0.15, -0.1) is 0 Å². The van der Waals surface area contributed by atoms with Crippen molar-refractivity contribution in [1.82, 2.24) is 24.4 Å². The smallest absolute Gasteiger partial charge is 0.136 e. The number of likely N-dealkylation sites (N-methyl/N-ethyl adjacent to an activating group) is 1. The van der Waals surface area contributed by atoms with E-state index in [-0.39, 0.29) is 0 Å². The van der Waals surface area contributed by atoms with Crippen molar-refractivity contribution < 1.29 is 0 Å². The third-order valence-electron chi connectivity index (χ3n) is 3.82. The fraction of sp³-hybridized carbons (Fsp3) is 0.538. The van der Waals surface area contributed by atoms with Gasteiger partial charge in [-0.25, -0.2) is 9.50 Å². The highest BCUT2D eigenvalue weighted by Gasteiger charge is 2.16. The van der Waals surface area contributed by atoms with Crippen LogP contribution in [0.3, 0.4) is 0 Å². The molecular formula is C13H19N5. The Balaban J connectivity index is 1.80. The van der Waals surface area contributed by atoms with Gasteiger partial charge in [-0.2, -0.15) is 5.10 Å². The lowest BCUT2D eigenvalue weighted by Gasteiger charge is -2.32. The average molecular weight is 245 g/mol. The third-order valence-corrected chi connectivity index (χ3v) is 3.82. The summed E-state index contributed by atoms with van der Waals surface area (Å²) in [6.45, 7) is 7.78. The molecule has 0 amide bonds. The van der Waals surface area contributed by atoms with Crippen molar-refractivity contribution in [3.05, 3.63) is 29.8 Å². The van der Waals surface area contributed by atoms with Crippen LogP contribution in [0.2, 0.25) is 0 Å². The molecule has 18 heavy (non-hydrogen) atoms. The maximum atomic E-state index is 4.25. The van der Waals surface area contributed by atoms with Gasteiger partial charge in [0.2, 0.25) is 0 Å². The molecule has 0 atom stereocenters.